The Morgan fingerprint density at radius 3 is 2.33 bits per heavy atom. The molecule has 1 N–H and O–H groups in total. The first-order chi connectivity index (χ1) is 8.92. The van der Waals surface area contributed by atoms with Gasteiger partial charge in [0.25, 0.3) is 0 Å². The maximum Gasteiger partial charge on any atom is 0.156 e. The lowest BCUT2D eigenvalue weighted by Gasteiger charge is -2.23. The third-order valence-corrected chi connectivity index (χ3v) is 3.96. The molecule has 18 heavy (non-hydrogen) atoms. The van der Waals surface area contributed by atoms with E-state index in [1.807, 2.05) is 12.4 Å². The number of hydrogen-bond acceptors (Lipinski definition) is 4. The molecule has 0 aromatic carbocycles. The van der Waals surface area contributed by atoms with Gasteiger partial charge in [-0.05, 0) is 38.8 Å². The van der Waals surface area contributed by atoms with Gasteiger partial charge in [0.1, 0.15) is 11.9 Å². The van der Waals surface area contributed by atoms with Crippen LogP contribution in [0.4, 0.5) is 0 Å². The molecular formula is C14H21N3O. The van der Waals surface area contributed by atoms with E-state index in [0.717, 1.165) is 37.5 Å². The maximum atomic E-state index is 5.91. The molecular weight excluding hydrogens is 226 g/mol. The Kier molecular flexibility index (Phi) is 3.74. The molecule has 0 unspecified atom stereocenters. The quantitative estimate of drug-likeness (QED) is 0.890. The summed E-state index contributed by atoms with van der Waals surface area (Å²) in [5.74, 6) is 2.41. The molecule has 2 heterocycles. The van der Waals surface area contributed by atoms with E-state index in [4.69, 9.17) is 4.74 Å². The molecule has 4 nitrogen and oxygen atoms in total. The summed E-state index contributed by atoms with van der Waals surface area (Å²) in [5, 5.41) is 3.34. The zero-order valence-corrected chi connectivity index (χ0v) is 10.8. The van der Waals surface area contributed by atoms with Crippen LogP contribution in [0.3, 0.4) is 0 Å². The third kappa shape index (κ3) is 2.80. The molecule has 2 aliphatic rings. The van der Waals surface area contributed by atoms with Crippen LogP contribution in [-0.2, 0) is 0 Å². The highest BCUT2D eigenvalue weighted by Crippen LogP contribution is 2.32. The molecule has 1 aliphatic heterocycles. The van der Waals surface area contributed by atoms with Gasteiger partial charge in [-0.1, -0.05) is 12.8 Å². The average Bonchev–Trinajstić information content (AvgIpc) is 2.95. The lowest BCUT2D eigenvalue weighted by atomic mass is 10.1. The standard InChI is InChI=1S/C14H21N3O/c1-2-4-11(3-1)14-16-9-13(10-17-14)18-12-5-7-15-8-6-12/h9-12,15H,1-8H2. The van der Waals surface area contributed by atoms with Gasteiger partial charge in [0, 0.05) is 5.92 Å². The molecule has 1 saturated heterocycles. The second-order valence-electron chi connectivity index (χ2n) is 5.33. The summed E-state index contributed by atoms with van der Waals surface area (Å²) in [7, 11) is 0. The van der Waals surface area contributed by atoms with Crippen LogP contribution in [0.5, 0.6) is 5.75 Å². The van der Waals surface area contributed by atoms with Crippen LogP contribution in [0.15, 0.2) is 12.4 Å². The van der Waals surface area contributed by atoms with Crippen LogP contribution >= 0.6 is 0 Å². The molecule has 0 amide bonds. The van der Waals surface area contributed by atoms with Crippen molar-refractivity contribution in [3.8, 4) is 5.75 Å². The first-order valence-electron chi connectivity index (χ1n) is 7.11. The molecule has 1 aromatic heterocycles. The Morgan fingerprint density at radius 2 is 1.67 bits per heavy atom. The highest BCUT2D eigenvalue weighted by atomic mass is 16.5. The van der Waals surface area contributed by atoms with Gasteiger partial charge >= 0.3 is 0 Å². The lowest BCUT2D eigenvalue weighted by molar-refractivity contribution is 0.161. The minimum atomic E-state index is 0.326. The van der Waals surface area contributed by atoms with Crippen LogP contribution in [0.2, 0.25) is 0 Å². The molecule has 0 spiro atoms. The summed E-state index contributed by atoms with van der Waals surface area (Å²) < 4.78 is 5.91. The van der Waals surface area contributed by atoms with Gasteiger partial charge < -0.3 is 10.1 Å². The van der Waals surface area contributed by atoms with Crippen LogP contribution in [0, 0.1) is 0 Å². The summed E-state index contributed by atoms with van der Waals surface area (Å²) in [6.07, 6.45) is 11.3. The van der Waals surface area contributed by atoms with E-state index in [2.05, 4.69) is 15.3 Å². The van der Waals surface area contributed by atoms with Crippen molar-refractivity contribution in [2.24, 2.45) is 0 Å². The van der Waals surface area contributed by atoms with Gasteiger partial charge in [-0.15, -0.1) is 0 Å². The van der Waals surface area contributed by atoms with Crippen LogP contribution in [-0.4, -0.2) is 29.2 Å². The van der Waals surface area contributed by atoms with Gasteiger partial charge in [-0.25, -0.2) is 9.97 Å². The van der Waals surface area contributed by atoms with E-state index in [-0.39, 0.29) is 0 Å². The fourth-order valence-electron chi connectivity index (χ4n) is 2.89. The first kappa shape index (κ1) is 11.9. The van der Waals surface area contributed by atoms with Crippen LogP contribution in [0.25, 0.3) is 0 Å². The zero-order chi connectivity index (χ0) is 12.2. The fraction of sp³-hybridized carbons (Fsp3) is 0.714. The summed E-state index contributed by atoms with van der Waals surface area (Å²) in [4.78, 5) is 8.95. The minimum Gasteiger partial charge on any atom is -0.487 e. The number of ether oxygens (including phenoxy) is 1. The van der Waals surface area contributed by atoms with Gasteiger partial charge in [0.05, 0.1) is 12.4 Å². The highest BCUT2D eigenvalue weighted by Gasteiger charge is 2.20. The van der Waals surface area contributed by atoms with Gasteiger partial charge in [-0.2, -0.15) is 0 Å². The molecule has 0 atom stereocenters. The van der Waals surface area contributed by atoms with E-state index in [0.29, 0.717) is 12.0 Å². The number of piperidine rings is 1. The van der Waals surface area contributed by atoms with Gasteiger partial charge in [0.15, 0.2) is 5.75 Å². The van der Waals surface area contributed by atoms with Crippen LogP contribution in [0.1, 0.15) is 50.3 Å². The molecule has 98 valence electrons. The van der Waals surface area contributed by atoms with Crippen LogP contribution < -0.4 is 10.1 Å². The maximum absolute atomic E-state index is 5.91. The van der Waals surface area contributed by atoms with Gasteiger partial charge in [0.2, 0.25) is 0 Å². The Morgan fingerprint density at radius 1 is 1.00 bits per heavy atom. The Hall–Kier alpha value is -1.16. The summed E-state index contributed by atoms with van der Waals surface area (Å²) in [6.45, 7) is 2.09. The molecule has 4 heteroatoms. The van der Waals surface area contributed by atoms with Crippen molar-refractivity contribution >= 4 is 0 Å². The van der Waals surface area contributed by atoms with Crippen molar-refractivity contribution in [1.29, 1.82) is 0 Å². The molecule has 1 aliphatic carbocycles. The van der Waals surface area contributed by atoms with Crippen molar-refractivity contribution in [3.05, 3.63) is 18.2 Å². The monoisotopic (exact) mass is 247 g/mol. The normalized spacial score (nSPS) is 22.2. The summed E-state index contributed by atoms with van der Waals surface area (Å²) >= 11 is 0. The smallest absolute Gasteiger partial charge is 0.156 e. The van der Waals surface area contributed by atoms with E-state index in [9.17, 15) is 0 Å². The number of hydrogen-bond donors (Lipinski definition) is 1. The fourth-order valence-corrected chi connectivity index (χ4v) is 2.89. The second kappa shape index (κ2) is 5.65. The lowest BCUT2D eigenvalue weighted by Crippen LogP contribution is -2.34. The Bertz CT molecular complexity index is 367. The molecule has 0 bridgehead atoms. The third-order valence-electron chi connectivity index (χ3n) is 3.96. The molecule has 0 radical (unpaired) electrons. The number of nitrogens with one attached hydrogen (secondary N) is 1. The SMILES string of the molecule is c1nc(C2CCCC2)ncc1OC1CCNCC1. The van der Waals surface area contributed by atoms with E-state index >= 15 is 0 Å². The molecule has 1 saturated carbocycles. The first-order valence-corrected chi connectivity index (χ1v) is 7.11. The van der Waals surface area contributed by atoms with E-state index in [1.54, 1.807) is 0 Å². The van der Waals surface area contributed by atoms with Crippen molar-refractivity contribution in [2.75, 3.05) is 13.1 Å². The van der Waals surface area contributed by atoms with Crippen molar-refractivity contribution in [3.63, 3.8) is 0 Å². The largest absolute Gasteiger partial charge is 0.487 e. The molecule has 2 fully saturated rings. The summed E-state index contributed by atoms with van der Waals surface area (Å²) in [6, 6.07) is 0. The highest BCUT2D eigenvalue weighted by molar-refractivity contribution is 5.14. The van der Waals surface area contributed by atoms with E-state index in [1.165, 1.54) is 25.7 Å². The minimum absolute atomic E-state index is 0.326. The zero-order valence-electron chi connectivity index (χ0n) is 10.8. The van der Waals surface area contributed by atoms with Gasteiger partial charge in [-0.3, -0.25) is 0 Å². The predicted molar refractivity (Wildman–Crippen MR) is 69.8 cm³/mol. The number of nitrogens with zero attached hydrogens (tertiary/aromatic N) is 2. The van der Waals surface area contributed by atoms with E-state index < -0.39 is 0 Å². The van der Waals surface area contributed by atoms with Crippen molar-refractivity contribution in [2.45, 2.75) is 50.5 Å². The Balaban J connectivity index is 1.59. The van der Waals surface area contributed by atoms with Crippen molar-refractivity contribution in [1.82, 2.24) is 15.3 Å². The summed E-state index contributed by atoms with van der Waals surface area (Å²) in [5.41, 5.74) is 0. The van der Waals surface area contributed by atoms with Crippen molar-refractivity contribution < 1.29 is 4.74 Å². The molecule has 3 rings (SSSR count). The molecule has 1 aromatic rings. The number of aromatic nitrogens is 2. The topological polar surface area (TPSA) is 47.0 Å². The predicted octanol–water partition coefficient (Wildman–Crippen LogP) is 2.27. The number of rotatable bonds is 3. The second-order valence-corrected chi connectivity index (χ2v) is 5.33. The Labute approximate surface area is 108 Å². The average molecular weight is 247 g/mol.